The second kappa shape index (κ2) is 18.2. The summed E-state index contributed by atoms with van der Waals surface area (Å²) in [6, 6.07) is 11.4. The van der Waals surface area contributed by atoms with Crippen LogP contribution in [-0.4, -0.2) is 9.52 Å². The molecule has 0 heterocycles. The zero-order chi connectivity index (χ0) is 25.3. The summed E-state index contributed by atoms with van der Waals surface area (Å²) < 4.78 is 0. The van der Waals surface area contributed by atoms with E-state index in [0.717, 1.165) is 11.5 Å². The van der Waals surface area contributed by atoms with Crippen molar-refractivity contribution in [1.29, 1.82) is 0 Å². The molecule has 1 aromatic rings. The van der Waals surface area contributed by atoms with Gasteiger partial charge in [0.25, 0.3) is 0 Å². The van der Waals surface area contributed by atoms with E-state index < -0.39 is 0 Å². The van der Waals surface area contributed by atoms with Crippen molar-refractivity contribution < 1.29 is 0 Å². The van der Waals surface area contributed by atoms with Gasteiger partial charge in [-0.05, 0) is 44.4 Å². The number of hydrogen-bond acceptors (Lipinski definition) is 0. The van der Waals surface area contributed by atoms with Crippen molar-refractivity contribution >= 4 is 14.7 Å². The van der Waals surface area contributed by atoms with Gasteiger partial charge in [0.15, 0.2) is 0 Å². The van der Waals surface area contributed by atoms with Crippen LogP contribution in [-0.2, 0) is 0 Å². The smallest absolute Gasteiger partial charge is 0.0587 e. The summed E-state index contributed by atoms with van der Waals surface area (Å²) in [6.45, 7) is 11.8. The van der Waals surface area contributed by atoms with Crippen LogP contribution >= 0.6 is 0 Å². The van der Waals surface area contributed by atoms with E-state index in [9.17, 15) is 0 Å². The molecular formula is C34H58Si. The molecule has 0 saturated heterocycles. The summed E-state index contributed by atoms with van der Waals surface area (Å²) in [6.07, 6.45) is 24.7. The second-order valence-electron chi connectivity index (χ2n) is 11.6. The van der Waals surface area contributed by atoms with E-state index in [0.29, 0.717) is 0 Å². The molecule has 0 amide bonds. The third kappa shape index (κ3) is 11.2. The Morgan fingerprint density at radius 1 is 0.571 bits per heavy atom. The van der Waals surface area contributed by atoms with Crippen LogP contribution < -0.4 is 5.19 Å². The van der Waals surface area contributed by atoms with Gasteiger partial charge < -0.3 is 0 Å². The van der Waals surface area contributed by atoms with E-state index in [1.54, 1.807) is 27.5 Å². The molecule has 0 radical (unpaired) electrons. The predicted octanol–water partition coefficient (Wildman–Crippen LogP) is 10.2. The summed E-state index contributed by atoms with van der Waals surface area (Å²) in [5.41, 5.74) is 7.38. The molecule has 1 aliphatic carbocycles. The van der Waals surface area contributed by atoms with Gasteiger partial charge in [0.05, 0.1) is 9.52 Å². The van der Waals surface area contributed by atoms with Gasteiger partial charge in [-0.2, -0.15) is 0 Å². The molecule has 1 unspecified atom stereocenters. The van der Waals surface area contributed by atoms with Crippen molar-refractivity contribution in [2.75, 3.05) is 0 Å². The molecule has 0 saturated carbocycles. The zero-order valence-corrected chi connectivity index (χ0v) is 25.7. The highest BCUT2D eigenvalue weighted by Gasteiger charge is 2.31. The van der Waals surface area contributed by atoms with E-state index in [4.69, 9.17) is 0 Å². The number of benzene rings is 1. The third-order valence-electron chi connectivity index (χ3n) is 8.92. The molecule has 0 aromatic heterocycles. The van der Waals surface area contributed by atoms with Crippen molar-refractivity contribution in [3.63, 3.8) is 0 Å². The van der Waals surface area contributed by atoms with Crippen molar-refractivity contribution in [3.05, 3.63) is 52.6 Å². The largest absolute Gasteiger partial charge is 0.0666 e. The number of allylic oxidation sites excluding steroid dienone is 4. The Balaban J connectivity index is 1.59. The predicted molar refractivity (Wildman–Crippen MR) is 163 cm³/mol. The van der Waals surface area contributed by atoms with E-state index in [-0.39, 0.29) is 9.52 Å². The monoisotopic (exact) mass is 494 g/mol. The topological polar surface area (TPSA) is 0 Å². The van der Waals surface area contributed by atoms with Gasteiger partial charge in [-0.15, -0.1) is 0 Å². The maximum absolute atomic E-state index is 2.42. The molecule has 1 atom stereocenters. The van der Waals surface area contributed by atoms with E-state index in [1.807, 2.05) is 0 Å². The highest BCUT2D eigenvalue weighted by atomic mass is 28.2. The minimum atomic E-state index is -0.270. The maximum atomic E-state index is 2.42. The number of rotatable bonds is 20. The Hall–Kier alpha value is -1.08. The Morgan fingerprint density at radius 2 is 0.971 bits per heavy atom. The molecule has 2 rings (SSSR count). The third-order valence-corrected chi connectivity index (χ3v) is 11.3. The van der Waals surface area contributed by atoms with Crippen molar-refractivity contribution in [1.82, 2.24) is 0 Å². The Labute approximate surface area is 222 Å². The van der Waals surface area contributed by atoms with E-state index >= 15 is 0 Å². The van der Waals surface area contributed by atoms with Crippen LogP contribution in [0.5, 0.6) is 0 Å². The molecule has 0 bridgehead atoms. The normalized spacial score (nSPS) is 15.8. The van der Waals surface area contributed by atoms with Crippen LogP contribution in [0.25, 0.3) is 0 Å². The average molecular weight is 495 g/mol. The number of unbranched alkanes of at least 4 members (excludes halogenated alkanes) is 15. The lowest BCUT2D eigenvalue weighted by Gasteiger charge is -2.27. The highest BCUT2D eigenvalue weighted by Crippen LogP contribution is 2.44. The Bertz CT molecular complexity index is 717. The van der Waals surface area contributed by atoms with Gasteiger partial charge in [0.2, 0.25) is 0 Å². The molecule has 0 nitrogen and oxygen atoms in total. The molecular weight excluding hydrogens is 436 g/mol. The first-order chi connectivity index (χ1) is 17.1. The lowest BCUT2D eigenvalue weighted by atomic mass is 9.90. The van der Waals surface area contributed by atoms with Gasteiger partial charge in [0, 0.05) is 5.92 Å². The van der Waals surface area contributed by atoms with Crippen LogP contribution in [0.4, 0.5) is 0 Å². The van der Waals surface area contributed by atoms with Crippen molar-refractivity contribution in [2.45, 2.75) is 149 Å². The van der Waals surface area contributed by atoms with Crippen molar-refractivity contribution in [3.8, 4) is 0 Å². The van der Waals surface area contributed by atoms with Crippen LogP contribution in [0, 0.1) is 5.92 Å². The fourth-order valence-electron chi connectivity index (χ4n) is 6.35. The lowest BCUT2D eigenvalue weighted by Crippen LogP contribution is -2.25. The first-order valence-corrected chi connectivity index (χ1v) is 17.0. The van der Waals surface area contributed by atoms with Gasteiger partial charge in [-0.1, -0.05) is 163 Å². The zero-order valence-electron chi connectivity index (χ0n) is 24.3. The van der Waals surface area contributed by atoms with Gasteiger partial charge in [-0.3, -0.25) is 0 Å². The first kappa shape index (κ1) is 30.1. The second-order valence-corrected chi connectivity index (χ2v) is 13.9. The molecule has 198 valence electrons. The van der Waals surface area contributed by atoms with Crippen LogP contribution in [0.1, 0.15) is 144 Å². The van der Waals surface area contributed by atoms with Crippen molar-refractivity contribution in [2.24, 2.45) is 5.92 Å². The molecule has 0 aliphatic heterocycles. The van der Waals surface area contributed by atoms with Gasteiger partial charge >= 0.3 is 0 Å². The molecule has 0 fully saturated rings. The molecule has 1 heteroatoms. The van der Waals surface area contributed by atoms with Crippen LogP contribution in [0.3, 0.4) is 0 Å². The fraction of sp³-hybridized carbons (Fsp3) is 0.706. The standard InChI is InChI=1S/C34H58Si/c1-6-7-8-9-10-11-12-13-14-15-16-17-18-19-20-24-27-33(35-32-25-22-21-23-26-32)34-30(4)28(2)29(3)31(34)5/h21-23,25-26,33-34H,6-20,24,27,35H2,1-5H3. The lowest BCUT2D eigenvalue weighted by molar-refractivity contribution is 0.515. The molecule has 1 aromatic carbocycles. The number of hydrogen-bond donors (Lipinski definition) is 0. The minimum absolute atomic E-state index is 0.270. The Morgan fingerprint density at radius 3 is 1.40 bits per heavy atom. The first-order valence-electron chi connectivity index (χ1n) is 15.4. The van der Waals surface area contributed by atoms with E-state index in [2.05, 4.69) is 65.0 Å². The highest BCUT2D eigenvalue weighted by molar-refractivity contribution is 6.55. The van der Waals surface area contributed by atoms with Gasteiger partial charge in [0.1, 0.15) is 0 Å². The average Bonchev–Trinajstić information content (AvgIpc) is 3.06. The van der Waals surface area contributed by atoms with Gasteiger partial charge in [-0.25, -0.2) is 0 Å². The molecule has 35 heavy (non-hydrogen) atoms. The Kier molecular flexibility index (Phi) is 15.7. The summed E-state index contributed by atoms with van der Waals surface area (Å²) in [5.74, 6) is 0.721. The van der Waals surface area contributed by atoms with E-state index in [1.165, 1.54) is 109 Å². The quantitative estimate of drug-likeness (QED) is 0.125. The van der Waals surface area contributed by atoms with Crippen LogP contribution in [0.15, 0.2) is 52.6 Å². The SMILES string of the molecule is CCCCCCCCCCCCCCCCCCC([SiH2]c1ccccc1)C1C(C)=C(C)C(C)=C1C. The fourth-order valence-corrected chi connectivity index (χ4v) is 8.93. The molecule has 0 N–H and O–H groups in total. The maximum Gasteiger partial charge on any atom is 0.0587 e. The summed E-state index contributed by atoms with van der Waals surface area (Å²) >= 11 is 0. The summed E-state index contributed by atoms with van der Waals surface area (Å²) in [4.78, 5) is 0. The minimum Gasteiger partial charge on any atom is -0.0666 e. The summed E-state index contributed by atoms with van der Waals surface area (Å²) in [5, 5.41) is 1.65. The molecule has 0 spiro atoms. The van der Waals surface area contributed by atoms with Crippen LogP contribution in [0.2, 0.25) is 5.54 Å². The summed E-state index contributed by atoms with van der Waals surface area (Å²) in [7, 11) is -0.270. The molecule has 1 aliphatic rings.